The van der Waals surface area contributed by atoms with E-state index in [-0.39, 0.29) is 24.1 Å². The van der Waals surface area contributed by atoms with E-state index in [1.165, 1.54) is 0 Å². The fourth-order valence-corrected chi connectivity index (χ4v) is 2.42. The average molecular weight is 280 g/mol. The minimum absolute atomic E-state index is 0.0211. The molecule has 1 aliphatic heterocycles. The average Bonchev–Trinajstić information content (AvgIpc) is 3.08. The van der Waals surface area contributed by atoms with Gasteiger partial charge in [-0.05, 0) is 32.8 Å². The SMILES string of the molecule is C[C@H](Cn1cccn1)N[C@@H](C)C(=O)NC[C@H]1CCCO1. The van der Waals surface area contributed by atoms with Crippen molar-refractivity contribution in [3.63, 3.8) is 0 Å². The van der Waals surface area contributed by atoms with Crippen molar-refractivity contribution >= 4 is 5.91 Å². The smallest absolute Gasteiger partial charge is 0.236 e. The van der Waals surface area contributed by atoms with Gasteiger partial charge in [-0.15, -0.1) is 0 Å². The molecule has 0 aromatic carbocycles. The minimum Gasteiger partial charge on any atom is -0.376 e. The Bertz CT molecular complexity index is 401. The number of aromatic nitrogens is 2. The van der Waals surface area contributed by atoms with E-state index in [0.29, 0.717) is 6.54 Å². The summed E-state index contributed by atoms with van der Waals surface area (Å²) in [5.74, 6) is 0.0211. The second kappa shape index (κ2) is 7.40. The van der Waals surface area contributed by atoms with Crippen molar-refractivity contribution in [2.75, 3.05) is 13.2 Å². The normalized spacial score (nSPS) is 21.6. The molecule has 2 rings (SSSR count). The van der Waals surface area contributed by atoms with Gasteiger partial charge < -0.3 is 15.4 Å². The molecule has 1 aliphatic rings. The number of carbonyl (C=O) groups excluding carboxylic acids is 1. The lowest BCUT2D eigenvalue weighted by molar-refractivity contribution is -0.123. The van der Waals surface area contributed by atoms with E-state index in [9.17, 15) is 4.79 Å². The molecule has 112 valence electrons. The molecule has 0 bridgehead atoms. The van der Waals surface area contributed by atoms with Gasteiger partial charge in [-0.2, -0.15) is 5.10 Å². The number of hydrogen-bond donors (Lipinski definition) is 2. The van der Waals surface area contributed by atoms with Gasteiger partial charge in [0.15, 0.2) is 0 Å². The molecule has 0 aliphatic carbocycles. The van der Waals surface area contributed by atoms with Crippen molar-refractivity contribution in [1.29, 1.82) is 0 Å². The van der Waals surface area contributed by atoms with Crippen LogP contribution < -0.4 is 10.6 Å². The topological polar surface area (TPSA) is 68.2 Å². The highest BCUT2D eigenvalue weighted by atomic mass is 16.5. The Morgan fingerprint density at radius 2 is 2.40 bits per heavy atom. The van der Waals surface area contributed by atoms with E-state index in [2.05, 4.69) is 15.7 Å². The molecular formula is C14H24N4O2. The number of carbonyl (C=O) groups is 1. The molecule has 1 fully saturated rings. The summed E-state index contributed by atoms with van der Waals surface area (Å²) in [6, 6.07) is 1.85. The highest BCUT2D eigenvalue weighted by Gasteiger charge is 2.19. The van der Waals surface area contributed by atoms with E-state index < -0.39 is 0 Å². The number of nitrogens with one attached hydrogen (secondary N) is 2. The Morgan fingerprint density at radius 1 is 1.55 bits per heavy atom. The van der Waals surface area contributed by atoms with E-state index in [1.807, 2.05) is 30.8 Å². The molecule has 1 amide bonds. The van der Waals surface area contributed by atoms with E-state index >= 15 is 0 Å². The third-order valence-corrected chi connectivity index (χ3v) is 3.48. The second-order valence-corrected chi connectivity index (χ2v) is 5.40. The summed E-state index contributed by atoms with van der Waals surface area (Å²) in [4.78, 5) is 12.0. The second-order valence-electron chi connectivity index (χ2n) is 5.40. The zero-order valence-corrected chi connectivity index (χ0v) is 12.2. The summed E-state index contributed by atoms with van der Waals surface area (Å²) in [7, 11) is 0. The molecule has 0 saturated carbocycles. The van der Waals surface area contributed by atoms with Crippen LogP contribution in [0.4, 0.5) is 0 Å². The molecule has 0 unspecified atom stereocenters. The highest BCUT2D eigenvalue weighted by Crippen LogP contribution is 2.10. The van der Waals surface area contributed by atoms with Crippen molar-refractivity contribution in [3.05, 3.63) is 18.5 Å². The maximum atomic E-state index is 12.0. The molecule has 0 radical (unpaired) electrons. The maximum absolute atomic E-state index is 12.0. The number of nitrogens with zero attached hydrogens (tertiary/aromatic N) is 2. The lowest BCUT2D eigenvalue weighted by atomic mass is 10.2. The summed E-state index contributed by atoms with van der Waals surface area (Å²) < 4.78 is 7.34. The molecule has 3 atom stereocenters. The van der Waals surface area contributed by atoms with Gasteiger partial charge in [-0.25, -0.2) is 0 Å². The van der Waals surface area contributed by atoms with Gasteiger partial charge in [0.2, 0.25) is 5.91 Å². The quantitative estimate of drug-likeness (QED) is 0.765. The summed E-state index contributed by atoms with van der Waals surface area (Å²) in [6.45, 7) is 6.10. The molecule has 6 heteroatoms. The van der Waals surface area contributed by atoms with Crippen molar-refractivity contribution in [1.82, 2.24) is 20.4 Å². The third kappa shape index (κ3) is 4.61. The highest BCUT2D eigenvalue weighted by molar-refractivity contribution is 5.81. The van der Waals surface area contributed by atoms with Crippen molar-refractivity contribution < 1.29 is 9.53 Å². The summed E-state index contributed by atoms with van der Waals surface area (Å²) in [6.07, 6.45) is 5.99. The monoisotopic (exact) mass is 280 g/mol. The van der Waals surface area contributed by atoms with E-state index in [1.54, 1.807) is 6.20 Å². The number of rotatable bonds is 7. The third-order valence-electron chi connectivity index (χ3n) is 3.48. The molecule has 2 N–H and O–H groups in total. The van der Waals surface area contributed by atoms with Gasteiger partial charge in [0, 0.05) is 31.6 Å². The minimum atomic E-state index is -0.220. The Hall–Kier alpha value is -1.40. The lowest BCUT2D eigenvalue weighted by Crippen LogP contribution is -2.48. The van der Waals surface area contributed by atoms with Crippen LogP contribution in [-0.2, 0) is 16.1 Å². The lowest BCUT2D eigenvalue weighted by Gasteiger charge is -2.20. The molecule has 1 aromatic heterocycles. The van der Waals surface area contributed by atoms with Gasteiger partial charge in [0.05, 0.1) is 18.7 Å². The van der Waals surface area contributed by atoms with Crippen molar-refractivity contribution in [2.24, 2.45) is 0 Å². The Kier molecular flexibility index (Phi) is 5.55. The molecule has 2 heterocycles. The molecule has 1 saturated heterocycles. The van der Waals surface area contributed by atoms with Gasteiger partial charge in [-0.1, -0.05) is 0 Å². The first-order chi connectivity index (χ1) is 9.65. The predicted octanol–water partition coefficient (Wildman–Crippen LogP) is 0.545. The maximum Gasteiger partial charge on any atom is 0.236 e. The largest absolute Gasteiger partial charge is 0.376 e. The van der Waals surface area contributed by atoms with Gasteiger partial charge >= 0.3 is 0 Å². The first kappa shape index (κ1) is 15.0. The molecule has 0 spiro atoms. The molecule has 1 aromatic rings. The Morgan fingerprint density at radius 3 is 3.05 bits per heavy atom. The number of ether oxygens (including phenoxy) is 1. The Labute approximate surface area is 119 Å². The first-order valence-corrected chi connectivity index (χ1v) is 7.28. The summed E-state index contributed by atoms with van der Waals surface area (Å²) >= 11 is 0. The van der Waals surface area contributed by atoms with Gasteiger partial charge in [0.25, 0.3) is 0 Å². The van der Waals surface area contributed by atoms with E-state index in [4.69, 9.17) is 4.74 Å². The van der Waals surface area contributed by atoms with Crippen LogP contribution in [0, 0.1) is 0 Å². The number of hydrogen-bond acceptors (Lipinski definition) is 4. The van der Waals surface area contributed by atoms with Crippen LogP contribution in [0.1, 0.15) is 26.7 Å². The Balaban J connectivity index is 1.67. The van der Waals surface area contributed by atoms with Gasteiger partial charge in [0.1, 0.15) is 0 Å². The van der Waals surface area contributed by atoms with Gasteiger partial charge in [-0.3, -0.25) is 9.48 Å². The summed E-state index contributed by atoms with van der Waals surface area (Å²) in [5, 5.41) is 10.4. The zero-order valence-electron chi connectivity index (χ0n) is 12.2. The fraction of sp³-hybridized carbons (Fsp3) is 0.714. The van der Waals surface area contributed by atoms with Crippen LogP contribution in [0.5, 0.6) is 0 Å². The van der Waals surface area contributed by atoms with Crippen molar-refractivity contribution in [2.45, 2.75) is 51.4 Å². The van der Waals surface area contributed by atoms with Crippen LogP contribution in [0.2, 0.25) is 0 Å². The molecular weight excluding hydrogens is 256 g/mol. The van der Waals surface area contributed by atoms with Crippen LogP contribution in [0.15, 0.2) is 18.5 Å². The summed E-state index contributed by atoms with van der Waals surface area (Å²) in [5.41, 5.74) is 0. The molecule has 6 nitrogen and oxygen atoms in total. The van der Waals surface area contributed by atoms with Crippen molar-refractivity contribution in [3.8, 4) is 0 Å². The van der Waals surface area contributed by atoms with E-state index in [0.717, 1.165) is 26.0 Å². The predicted molar refractivity (Wildman–Crippen MR) is 76.3 cm³/mol. The fourth-order valence-electron chi connectivity index (χ4n) is 2.42. The van der Waals surface area contributed by atoms with Crippen LogP contribution >= 0.6 is 0 Å². The number of amides is 1. The molecule has 20 heavy (non-hydrogen) atoms. The standard InChI is InChI=1S/C14H24N4O2/c1-11(10-18-7-4-6-16-18)17-12(2)14(19)15-9-13-5-3-8-20-13/h4,6-7,11-13,17H,3,5,8-10H2,1-2H3,(H,15,19)/t11-,12+,13-/m1/s1. The van der Waals surface area contributed by atoms with Crippen LogP contribution in [-0.4, -0.2) is 47.0 Å². The zero-order chi connectivity index (χ0) is 14.4. The van der Waals surface area contributed by atoms with Crippen LogP contribution in [0.25, 0.3) is 0 Å². The first-order valence-electron chi connectivity index (χ1n) is 7.28. The van der Waals surface area contributed by atoms with Crippen LogP contribution in [0.3, 0.4) is 0 Å².